The van der Waals surface area contributed by atoms with Crippen LogP contribution in [0.2, 0.25) is 0 Å². The lowest BCUT2D eigenvalue weighted by molar-refractivity contribution is -0.493. The van der Waals surface area contributed by atoms with E-state index in [2.05, 4.69) is 0 Å². The van der Waals surface area contributed by atoms with Gasteiger partial charge >= 0.3 is 0 Å². The van der Waals surface area contributed by atoms with Crippen molar-refractivity contribution in [2.24, 2.45) is 0 Å². The molecule has 3 heterocycles. The lowest BCUT2D eigenvalue weighted by Gasteiger charge is -2.52. The van der Waals surface area contributed by atoms with Crippen LogP contribution in [0.3, 0.4) is 0 Å². The predicted octanol–water partition coefficient (Wildman–Crippen LogP) is 0.247. The van der Waals surface area contributed by atoms with Crippen LogP contribution in [0.1, 0.15) is 20.3 Å². The van der Waals surface area contributed by atoms with Crippen molar-refractivity contribution in [1.82, 2.24) is 0 Å². The molecule has 3 aliphatic heterocycles. The summed E-state index contributed by atoms with van der Waals surface area (Å²) in [6.07, 6.45) is 0.438. The standard InChI is InChI=1S/C8H14O4/c1-3-8-10-4-7(9,5-11-8)6(2)12-8/h6,9H,3-5H2,1-2H3. The van der Waals surface area contributed by atoms with Gasteiger partial charge < -0.3 is 19.3 Å². The van der Waals surface area contributed by atoms with Gasteiger partial charge in [-0.15, -0.1) is 0 Å². The summed E-state index contributed by atoms with van der Waals surface area (Å²) < 4.78 is 16.0. The first-order chi connectivity index (χ1) is 5.60. The van der Waals surface area contributed by atoms with Crippen LogP contribution >= 0.6 is 0 Å². The molecule has 0 aromatic rings. The zero-order chi connectivity index (χ0) is 8.82. The minimum absolute atomic E-state index is 0.208. The van der Waals surface area contributed by atoms with Crippen LogP contribution in [-0.4, -0.2) is 36.0 Å². The van der Waals surface area contributed by atoms with E-state index in [-0.39, 0.29) is 6.10 Å². The van der Waals surface area contributed by atoms with Crippen LogP contribution in [-0.2, 0) is 14.2 Å². The molecular weight excluding hydrogens is 160 g/mol. The summed E-state index contributed by atoms with van der Waals surface area (Å²) in [5.74, 6) is -0.885. The Morgan fingerprint density at radius 3 is 2.42 bits per heavy atom. The maximum absolute atomic E-state index is 9.82. The Balaban J connectivity index is 2.19. The summed E-state index contributed by atoms with van der Waals surface area (Å²) in [4.78, 5) is 0. The van der Waals surface area contributed by atoms with E-state index in [4.69, 9.17) is 14.2 Å². The van der Waals surface area contributed by atoms with Crippen molar-refractivity contribution in [3.63, 3.8) is 0 Å². The molecule has 4 nitrogen and oxygen atoms in total. The third kappa shape index (κ3) is 0.992. The van der Waals surface area contributed by atoms with E-state index < -0.39 is 11.6 Å². The van der Waals surface area contributed by atoms with Crippen molar-refractivity contribution in [2.75, 3.05) is 13.2 Å². The van der Waals surface area contributed by atoms with Crippen LogP contribution in [0.25, 0.3) is 0 Å². The Hall–Kier alpha value is -0.160. The molecule has 0 aliphatic carbocycles. The van der Waals surface area contributed by atoms with Crippen LogP contribution in [0.4, 0.5) is 0 Å². The maximum Gasteiger partial charge on any atom is 0.283 e. The number of hydrogen-bond donors (Lipinski definition) is 1. The zero-order valence-corrected chi connectivity index (χ0v) is 7.37. The predicted molar refractivity (Wildman–Crippen MR) is 40.4 cm³/mol. The van der Waals surface area contributed by atoms with Crippen molar-refractivity contribution in [2.45, 2.75) is 37.9 Å². The van der Waals surface area contributed by atoms with Gasteiger partial charge in [0.05, 0.1) is 19.3 Å². The topological polar surface area (TPSA) is 47.9 Å². The van der Waals surface area contributed by atoms with E-state index in [0.717, 1.165) is 0 Å². The molecule has 0 amide bonds. The van der Waals surface area contributed by atoms with Gasteiger partial charge in [-0.05, 0) is 6.92 Å². The molecule has 3 fully saturated rings. The second-order valence-electron chi connectivity index (χ2n) is 3.48. The van der Waals surface area contributed by atoms with Crippen LogP contribution in [0.5, 0.6) is 0 Å². The molecule has 1 N–H and O–H groups in total. The van der Waals surface area contributed by atoms with Crippen LogP contribution < -0.4 is 0 Å². The van der Waals surface area contributed by atoms with E-state index in [1.807, 2.05) is 13.8 Å². The Labute approximate surface area is 71.4 Å². The molecule has 0 spiro atoms. The third-order valence-corrected chi connectivity index (χ3v) is 2.63. The summed E-state index contributed by atoms with van der Waals surface area (Å²) in [7, 11) is 0. The van der Waals surface area contributed by atoms with Crippen molar-refractivity contribution in [3.8, 4) is 0 Å². The second kappa shape index (κ2) is 2.42. The molecule has 70 valence electrons. The third-order valence-electron chi connectivity index (χ3n) is 2.63. The lowest BCUT2D eigenvalue weighted by Crippen LogP contribution is -2.67. The second-order valence-corrected chi connectivity index (χ2v) is 3.48. The van der Waals surface area contributed by atoms with Gasteiger partial charge in [-0.1, -0.05) is 6.92 Å². The number of fused-ring (bicyclic) bond motifs is 3. The van der Waals surface area contributed by atoms with E-state index in [9.17, 15) is 5.11 Å². The van der Waals surface area contributed by atoms with Gasteiger partial charge in [0.2, 0.25) is 0 Å². The highest BCUT2D eigenvalue weighted by Gasteiger charge is 2.55. The van der Waals surface area contributed by atoms with Gasteiger partial charge in [0.1, 0.15) is 5.60 Å². The fraction of sp³-hybridized carbons (Fsp3) is 1.00. The van der Waals surface area contributed by atoms with Crippen LogP contribution in [0, 0.1) is 0 Å². The van der Waals surface area contributed by atoms with Crippen molar-refractivity contribution < 1.29 is 19.3 Å². The first-order valence-corrected chi connectivity index (χ1v) is 4.28. The molecule has 0 aromatic heterocycles. The van der Waals surface area contributed by atoms with E-state index in [1.54, 1.807) is 0 Å². The highest BCUT2D eigenvalue weighted by atomic mass is 16.9. The molecule has 12 heavy (non-hydrogen) atoms. The van der Waals surface area contributed by atoms with Crippen LogP contribution in [0.15, 0.2) is 0 Å². The number of rotatable bonds is 1. The molecule has 3 rings (SSSR count). The Morgan fingerprint density at radius 2 is 2.00 bits per heavy atom. The van der Waals surface area contributed by atoms with Crippen molar-refractivity contribution >= 4 is 0 Å². The molecule has 0 radical (unpaired) electrons. The Kier molecular flexibility index (Phi) is 1.70. The van der Waals surface area contributed by atoms with Gasteiger partial charge in [-0.2, -0.15) is 0 Å². The van der Waals surface area contributed by atoms with Crippen molar-refractivity contribution in [1.29, 1.82) is 0 Å². The molecule has 3 aliphatic rings. The summed E-state index contributed by atoms with van der Waals surface area (Å²) in [6.45, 7) is 4.39. The number of hydrogen-bond acceptors (Lipinski definition) is 4. The number of ether oxygens (including phenoxy) is 3. The molecule has 0 saturated carbocycles. The number of aliphatic hydroxyl groups is 1. The largest absolute Gasteiger partial charge is 0.382 e. The first-order valence-electron chi connectivity index (χ1n) is 4.28. The fourth-order valence-electron chi connectivity index (χ4n) is 1.52. The van der Waals surface area contributed by atoms with E-state index in [1.165, 1.54) is 0 Å². The average molecular weight is 174 g/mol. The Bertz CT molecular complexity index is 183. The highest BCUT2D eigenvalue weighted by Crippen LogP contribution is 2.38. The first kappa shape index (κ1) is 8.44. The summed E-state index contributed by atoms with van der Waals surface area (Å²) in [5.41, 5.74) is -0.947. The summed E-state index contributed by atoms with van der Waals surface area (Å²) >= 11 is 0. The Morgan fingerprint density at radius 1 is 1.42 bits per heavy atom. The van der Waals surface area contributed by atoms with Gasteiger partial charge in [0.15, 0.2) is 0 Å². The molecule has 1 atom stereocenters. The highest BCUT2D eigenvalue weighted by molar-refractivity contribution is 4.93. The molecular formula is C8H14O4. The SMILES string of the molecule is CCC12OCC(O)(CO1)C(C)O2. The monoisotopic (exact) mass is 174 g/mol. The average Bonchev–Trinajstić information content (AvgIpc) is 2.08. The molecule has 0 aromatic carbocycles. The normalized spacial score (nSPS) is 52.8. The molecule has 1 unspecified atom stereocenters. The van der Waals surface area contributed by atoms with Gasteiger partial charge in [0, 0.05) is 6.42 Å². The van der Waals surface area contributed by atoms with Gasteiger partial charge in [-0.3, -0.25) is 0 Å². The quantitative estimate of drug-likeness (QED) is 0.619. The summed E-state index contributed by atoms with van der Waals surface area (Å²) in [6, 6.07) is 0. The zero-order valence-electron chi connectivity index (χ0n) is 7.37. The fourth-order valence-corrected chi connectivity index (χ4v) is 1.52. The van der Waals surface area contributed by atoms with Gasteiger partial charge in [0.25, 0.3) is 5.97 Å². The molecule has 4 heteroatoms. The van der Waals surface area contributed by atoms with E-state index >= 15 is 0 Å². The molecule has 2 bridgehead atoms. The van der Waals surface area contributed by atoms with Gasteiger partial charge in [-0.25, -0.2) is 0 Å². The lowest BCUT2D eigenvalue weighted by atomic mass is 9.96. The van der Waals surface area contributed by atoms with E-state index in [0.29, 0.717) is 19.6 Å². The maximum atomic E-state index is 9.82. The molecule has 3 saturated heterocycles. The smallest absolute Gasteiger partial charge is 0.283 e. The minimum Gasteiger partial charge on any atom is -0.382 e. The summed E-state index contributed by atoms with van der Waals surface area (Å²) in [5, 5.41) is 9.82. The minimum atomic E-state index is -0.947. The van der Waals surface area contributed by atoms with Crippen molar-refractivity contribution in [3.05, 3.63) is 0 Å².